The fourth-order valence-electron chi connectivity index (χ4n) is 2.67. The van der Waals surface area contributed by atoms with Crippen molar-refractivity contribution in [3.05, 3.63) is 52.0 Å². The van der Waals surface area contributed by atoms with Crippen molar-refractivity contribution in [1.82, 2.24) is 15.2 Å². The van der Waals surface area contributed by atoms with Crippen LogP contribution in [-0.4, -0.2) is 15.2 Å². The molecular weight excluding hydrogens is 328 g/mol. The first kappa shape index (κ1) is 15.2. The summed E-state index contributed by atoms with van der Waals surface area (Å²) in [5, 5.41) is 5.75. The lowest BCUT2D eigenvalue weighted by atomic mass is 10.0. The zero-order chi connectivity index (χ0) is 15.4. The highest BCUT2D eigenvalue weighted by Gasteiger charge is 2.22. The van der Waals surface area contributed by atoms with E-state index < -0.39 is 17.1 Å². The summed E-state index contributed by atoms with van der Waals surface area (Å²) in [5.41, 5.74) is 0.0188. The molecule has 0 bridgehead atoms. The molecule has 23 heavy (non-hydrogen) atoms. The number of furan rings is 1. The van der Waals surface area contributed by atoms with Gasteiger partial charge < -0.3 is 9.52 Å². The summed E-state index contributed by atoms with van der Waals surface area (Å²) in [6.07, 6.45) is 1.41. The van der Waals surface area contributed by atoms with E-state index in [1.54, 1.807) is 19.1 Å². The summed E-state index contributed by atoms with van der Waals surface area (Å²) in [4.78, 5) is 16.0. The minimum atomic E-state index is -1.01. The third kappa shape index (κ3) is 2.04. The number of nitrogens with zero attached hydrogens (tertiary/aromatic N) is 1. The highest BCUT2D eigenvalue weighted by molar-refractivity contribution is 6.11. The normalized spacial score (nSPS) is 11.1. The van der Waals surface area contributed by atoms with Gasteiger partial charge in [0.1, 0.15) is 11.5 Å². The van der Waals surface area contributed by atoms with Crippen LogP contribution in [0.4, 0.5) is 8.78 Å². The Morgan fingerprint density at radius 2 is 1.96 bits per heavy atom. The molecule has 0 spiro atoms. The van der Waals surface area contributed by atoms with Crippen LogP contribution in [-0.2, 0) is 0 Å². The molecule has 5 nitrogen and oxygen atoms in total. The van der Waals surface area contributed by atoms with Crippen LogP contribution in [0.5, 0.6) is 0 Å². The number of pyridine rings is 1. The van der Waals surface area contributed by atoms with E-state index in [0.29, 0.717) is 22.8 Å². The smallest absolute Gasteiger partial charge is 0.217 e. The number of aromatic nitrogens is 3. The first-order valence-corrected chi connectivity index (χ1v) is 6.50. The van der Waals surface area contributed by atoms with E-state index in [1.807, 2.05) is 0 Å². The zero-order valence-electron chi connectivity index (χ0n) is 11.7. The first-order chi connectivity index (χ1) is 10.6. The van der Waals surface area contributed by atoms with Crippen LogP contribution in [0.1, 0.15) is 5.69 Å². The average Bonchev–Trinajstić information content (AvgIpc) is 3.13. The number of benzene rings is 1. The summed E-state index contributed by atoms with van der Waals surface area (Å²) in [6, 6.07) is 3.84. The van der Waals surface area contributed by atoms with Crippen molar-refractivity contribution in [2.24, 2.45) is 0 Å². The second-order valence-corrected chi connectivity index (χ2v) is 4.96. The van der Waals surface area contributed by atoms with Gasteiger partial charge >= 0.3 is 0 Å². The minimum absolute atomic E-state index is 0. The lowest BCUT2D eigenvalue weighted by Gasteiger charge is -2.07. The molecule has 4 rings (SSSR count). The van der Waals surface area contributed by atoms with E-state index in [2.05, 4.69) is 15.2 Å². The van der Waals surface area contributed by atoms with Gasteiger partial charge in [0.15, 0.2) is 17.2 Å². The monoisotopic (exact) mass is 337 g/mol. The Kier molecular flexibility index (Phi) is 3.45. The number of aryl methyl sites for hydroxylation is 1. The SMILES string of the molecule is Cc1[nH][nH]c2nc(-c3ccco3)c3c(F)cc(=O)c(F)c3c12.Cl. The fraction of sp³-hybridized carbons (Fsp3) is 0.0667. The van der Waals surface area contributed by atoms with E-state index in [-0.39, 0.29) is 34.6 Å². The van der Waals surface area contributed by atoms with Crippen molar-refractivity contribution in [3.8, 4) is 11.5 Å². The molecule has 3 aromatic heterocycles. The van der Waals surface area contributed by atoms with Crippen molar-refractivity contribution in [2.75, 3.05) is 0 Å². The summed E-state index contributed by atoms with van der Waals surface area (Å²) in [6.45, 7) is 1.68. The number of rotatable bonds is 1. The number of H-pyrrole nitrogens is 2. The van der Waals surface area contributed by atoms with Crippen molar-refractivity contribution < 1.29 is 13.2 Å². The molecule has 2 N–H and O–H groups in total. The van der Waals surface area contributed by atoms with Gasteiger partial charge in [-0.15, -0.1) is 12.4 Å². The van der Waals surface area contributed by atoms with Gasteiger partial charge in [-0.05, 0) is 19.1 Å². The van der Waals surface area contributed by atoms with E-state index in [0.717, 1.165) is 0 Å². The van der Waals surface area contributed by atoms with Crippen LogP contribution in [0.25, 0.3) is 33.3 Å². The predicted molar refractivity (Wildman–Crippen MR) is 83.8 cm³/mol. The van der Waals surface area contributed by atoms with E-state index in [9.17, 15) is 13.6 Å². The number of aromatic amines is 2. The minimum Gasteiger partial charge on any atom is -0.463 e. The Balaban J connectivity index is 0.00000156. The topological polar surface area (TPSA) is 74.7 Å². The maximum Gasteiger partial charge on any atom is 0.217 e. The van der Waals surface area contributed by atoms with Crippen molar-refractivity contribution >= 4 is 34.2 Å². The van der Waals surface area contributed by atoms with Gasteiger partial charge in [0.25, 0.3) is 0 Å². The molecule has 0 radical (unpaired) electrons. The Morgan fingerprint density at radius 3 is 2.65 bits per heavy atom. The van der Waals surface area contributed by atoms with Crippen LogP contribution < -0.4 is 5.43 Å². The molecule has 0 aliphatic heterocycles. The van der Waals surface area contributed by atoms with Crippen LogP contribution in [0.2, 0.25) is 0 Å². The van der Waals surface area contributed by atoms with Crippen molar-refractivity contribution in [3.63, 3.8) is 0 Å². The standard InChI is InChI=1S/C15H9F2N3O2.ClH/c1-6-10-12-11(7(16)5-8(21)13(12)17)14(9-3-2-4-22-9)18-15(10)20-19-6;/h2-5H,1H3,(H2,18,19,20);1H. The second kappa shape index (κ2) is 5.20. The maximum absolute atomic E-state index is 14.4. The first-order valence-electron chi connectivity index (χ1n) is 6.50. The fourth-order valence-corrected chi connectivity index (χ4v) is 2.67. The molecule has 3 heterocycles. The van der Waals surface area contributed by atoms with Gasteiger partial charge in [-0.2, -0.15) is 0 Å². The molecular formula is C15H10ClF2N3O2. The maximum atomic E-state index is 14.4. The third-order valence-electron chi connectivity index (χ3n) is 3.63. The second-order valence-electron chi connectivity index (χ2n) is 4.96. The molecule has 1 aromatic carbocycles. The third-order valence-corrected chi connectivity index (χ3v) is 3.63. The van der Waals surface area contributed by atoms with Gasteiger partial charge in [0.2, 0.25) is 5.43 Å². The summed E-state index contributed by atoms with van der Waals surface area (Å²) >= 11 is 0. The molecule has 0 fully saturated rings. The Morgan fingerprint density at radius 1 is 1.17 bits per heavy atom. The van der Waals surface area contributed by atoms with Crippen molar-refractivity contribution in [2.45, 2.75) is 6.92 Å². The van der Waals surface area contributed by atoms with E-state index >= 15 is 0 Å². The van der Waals surface area contributed by atoms with Crippen LogP contribution in [0.15, 0.2) is 33.7 Å². The van der Waals surface area contributed by atoms with Crippen molar-refractivity contribution in [1.29, 1.82) is 0 Å². The molecule has 4 aromatic rings. The zero-order valence-corrected chi connectivity index (χ0v) is 12.6. The molecule has 0 aliphatic rings. The number of nitrogens with one attached hydrogen (secondary N) is 2. The number of fused-ring (bicyclic) bond motifs is 3. The quantitative estimate of drug-likeness (QED) is 0.556. The number of hydrogen-bond donors (Lipinski definition) is 2. The molecule has 0 aliphatic carbocycles. The van der Waals surface area contributed by atoms with Crippen LogP contribution in [0.3, 0.4) is 0 Å². The van der Waals surface area contributed by atoms with Gasteiger partial charge in [0, 0.05) is 17.1 Å². The van der Waals surface area contributed by atoms with Gasteiger partial charge in [-0.3, -0.25) is 9.89 Å². The molecule has 0 unspecified atom stereocenters. The lowest BCUT2D eigenvalue weighted by molar-refractivity contribution is 0.579. The number of halogens is 3. The highest BCUT2D eigenvalue weighted by atomic mass is 35.5. The van der Waals surface area contributed by atoms with E-state index in [4.69, 9.17) is 4.42 Å². The van der Waals surface area contributed by atoms with Gasteiger partial charge in [-0.25, -0.2) is 13.8 Å². The Bertz CT molecular complexity index is 1080. The number of hydrogen-bond acceptors (Lipinski definition) is 3. The molecule has 0 saturated carbocycles. The molecule has 0 saturated heterocycles. The van der Waals surface area contributed by atoms with Crippen LogP contribution >= 0.6 is 12.4 Å². The highest BCUT2D eigenvalue weighted by Crippen LogP contribution is 2.35. The summed E-state index contributed by atoms with van der Waals surface area (Å²) in [5.74, 6) is -1.55. The summed E-state index contributed by atoms with van der Waals surface area (Å²) < 4.78 is 34.1. The predicted octanol–water partition coefficient (Wildman–Crippen LogP) is 3.67. The molecule has 0 amide bonds. The Labute approximate surface area is 133 Å². The molecule has 0 atom stereocenters. The Hall–Kier alpha value is -2.67. The molecule has 8 heteroatoms. The van der Waals surface area contributed by atoms with Gasteiger partial charge in [0.05, 0.1) is 17.0 Å². The average molecular weight is 338 g/mol. The lowest BCUT2D eigenvalue weighted by Crippen LogP contribution is -2.08. The summed E-state index contributed by atoms with van der Waals surface area (Å²) in [7, 11) is 0. The molecule has 118 valence electrons. The van der Waals surface area contributed by atoms with Gasteiger partial charge in [-0.1, -0.05) is 0 Å². The largest absolute Gasteiger partial charge is 0.463 e. The van der Waals surface area contributed by atoms with Crippen LogP contribution in [0, 0.1) is 18.6 Å². The van der Waals surface area contributed by atoms with E-state index in [1.165, 1.54) is 6.26 Å².